The van der Waals surface area contributed by atoms with Crippen molar-refractivity contribution in [2.45, 2.75) is 0 Å². The lowest BCUT2D eigenvalue weighted by atomic mass is 10.6. The maximum absolute atomic E-state index is 10.1. The van der Waals surface area contributed by atoms with Crippen LogP contribution >= 0.6 is 38.9 Å². The first kappa shape index (κ1) is 7.18. The molecule has 5 heteroatoms. The number of aldehydes is 1. The second kappa shape index (κ2) is 2.77. The molecule has 0 fully saturated rings. The van der Waals surface area contributed by atoms with Crippen LogP contribution in [0.4, 0.5) is 0 Å². The standard InChI is InChI=1S/C4HBrClNOS/c5-4-7-3(6)2(1-8)9-4/h1H. The zero-order valence-electron chi connectivity index (χ0n) is 4.10. The quantitative estimate of drug-likeness (QED) is 0.688. The minimum atomic E-state index is 0.266. The van der Waals surface area contributed by atoms with Crippen LogP contribution in [0.3, 0.4) is 0 Å². The minimum absolute atomic E-state index is 0.266. The summed E-state index contributed by atoms with van der Waals surface area (Å²) in [7, 11) is 0. The molecule has 0 aliphatic carbocycles. The van der Waals surface area contributed by atoms with Gasteiger partial charge in [-0.3, -0.25) is 4.79 Å². The molecule has 0 atom stereocenters. The van der Waals surface area contributed by atoms with Gasteiger partial charge < -0.3 is 0 Å². The van der Waals surface area contributed by atoms with Crippen LogP contribution in [0.1, 0.15) is 9.67 Å². The van der Waals surface area contributed by atoms with Crippen LogP contribution in [0.2, 0.25) is 5.15 Å². The fraction of sp³-hybridized carbons (Fsp3) is 0. The van der Waals surface area contributed by atoms with E-state index in [1.165, 1.54) is 11.3 Å². The number of carbonyl (C=O) groups excluding carboxylic acids is 1. The molecule has 0 saturated heterocycles. The van der Waals surface area contributed by atoms with E-state index in [-0.39, 0.29) is 5.15 Å². The molecule has 9 heavy (non-hydrogen) atoms. The zero-order chi connectivity index (χ0) is 6.85. The molecule has 2 nitrogen and oxygen atoms in total. The Kier molecular flexibility index (Phi) is 2.21. The van der Waals surface area contributed by atoms with E-state index in [2.05, 4.69) is 20.9 Å². The monoisotopic (exact) mass is 225 g/mol. The van der Waals surface area contributed by atoms with Crippen LogP contribution in [0.25, 0.3) is 0 Å². The van der Waals surface area contributed by atoms with Crippen LogP contribution in [-0.4, -0.2) is 11.3 Å². The van der Waals surface area contributed by atoms with Gasteiger partial charge in [-0.05, 0) is 15.9 Å². The number of rotatable bonds is 1. The highest BCUT2D eigenvalue weighted by molar-refractivity contribution is 9.11. The van der Waals surface area contributed by atoms with Crippen molar-refractivity contribution in [1.82, 2.24) is 4.98 Å². The van der Waals surface area contributed by atoms with Crippen molar-refractivity contribution in [3.63, 3.8) is 0 Å². The Hall–Kier alpha value is 0.0700. The van der Waals surface area contributed by atoms with Crippen LogP contribution in [0.5, 0.6) is 0 Å². The van der Waals surface area contributed by atoms with E-state index in [4.69, 9.17) is 11.6 Å². The predicted octanol–water partition coefficient (Wildman–Crippen LogP) is 2.37. The number of nitrogens with zero attached hydrogens (tertiary/aromatic N) is 1. The second-order valence-corrected chi connectivity index (χ2v) is 3.90. The first-order chi connectivity index (χ1) is 4.24. The molecule has 0 spiro atoms. The Morgan fingerprint density at radius 1 is 1.78 bits per heavy atom. The van der Waals surface area contributed by atoms with Gasteiger partial charge in [-0.15, -0.1) is 11.3 Å². The molecule has 0 N–H and O–H groups in total. The van der Waals surface area contributed by atoms with Crippen molar-refractivity contribution in [3.05, 3.63) is 13.9 Å². The molecule has 48 valence electrons. The lowest BCUT2D eigenvalue weighted by Crippen LogP contribution is -1.69. The van der Waals surface area contributed by atoms with Crippen molar-refractivity contribution in [1.29, 1.82) is 0 Å². The SMILES string of the molecule is O=Cc1sc(Br)nc1Cl. The largest absolute Gasteiger partial charge is 0.297 e. The first-order valence-electron chi connectivity index (χ1n) is 2.01. The third-order valence-corrected chi connectivity index (χ3v) is 2.52. The summed E-state index contributed by atoms with van der Waals surface area (Å²) in [6.45, 7) is 0. The van der Waals surface area contributed by atoms with Crippen molar-refractivity contribution < 1.29 is 4.79 Å². The Labute approximate surface area is 69.0 Å². The Balaban J connectivity index is 3.15. The highest BCUT2D eigenvalue weighted by Crippen LogP contribution is 2.24. The lowest BCUT2D eigenvalue weighted by molar-refractivity contribution is 0.112. The molecule has 1 heterocycles. The summed E-state index contributed by atoms with van der Waals surface area (Å²) in [5.41, 5.74) is 0. The predicted molar refractivity (Wildman–Crippen MR) is 40.2 cm³/mol. The van der Waals surface area contributed by atoms with Crippen molar-refractivity contribution in [3.8, 4) is 0 Å². The average molecular weight is 226 g/mol. The molecule has 1 aromatic heterocycles. The molecule has 0 aromatic carbocycles. The number of hydrogen-bond acceptors (Lipinski definition) is 3. The van der Waals surface area contributed by atoms with E-state index in [1.807, 2.05) is 0 Å². The van der Waals surface area contributed by atoms with Gasteiger partial charge >= 0.3 is 0 Å². The highest BCUT2D eigenvalue weighted by atomic mass is 79.9. The molecular weight excluding hydrogens is 225 g/mol. The molecule has 0 aliphatic rings. The van der Waals surface area contributed by atoms with Crippen LogP contribution in [-0.2, 0) is 0 Å². The van der Waals surface area contributed by atoms with E-state index < -0.39 is 0 Å². The summed E-state index contributed by atoms with van der Waals surface area (Å²) in [4.78, 5) is 14.3. The molecular formula is C4HBrClNOS. The Morgan fingerprint density at radius 3 is 2.67 bits per heavy atom. The topological polar surface area (TPSA) is 30.0 Å². The molecule has 0 saturated carbocycles. The van der Waals surface area contributed by atoms with Crippen LogP contribution < -0.4 is 0 Å². The van der Waals surface area contributed by atoms with Gasteiger partial charge in [-0.1, -0.05) is 11.6 Å². The molecule has 0 amide bonds. The summed E-state index contributed by atoms with van der Waals surface area (Å²) in [6.07, 6.45) is 0.685. The number of halogens is 2. The van der Waals surface area contributed by atoms with Gasteiger partial charge in [0.05, 0.1) is 0 Å². The van der Waals surface area contributed by atoms with E-state index in [1.54, 1.807) is 0 Å². The summed E-state index contributed by atoms with van der Waals surface area (Å²) < 4.78 is 0.634. The van der Waals surface area contributed by atoms with Crippen LogP contribution in [0.15, 0.2) is 3.92 Å². The second-order valence-electron chi connectivity index (χ2n) is 1.24. The van der Waals surface area contributed by atoms with Crippen molar-refractivity contribution >= 4 is 45.2 Å². The summed E-state index contributed by atoms with van der Waals surface area (Å²) >= 11 is 9.79. The maximum atomic E-state index is 10.1. The Morgan fingerprint density at radius 2 is 2.44 bits per heavy atom. The van der Waals surface area contributed by atoms with Crippen molar-refractivity contribution in [2.24, 2.45) is 0 Å². The summed E-state index contributed by atoms with van der Waals surface area (Å²) in [5.74, 6) is 0. The van der Waals surface area contributed by atoms with Gasteiger partial charge in [0.1, 0.15) is 4.88 Å². The maximum Gasteiger partial charge on any atom is 0.163 e. The average Bonchev–Trinajstić information content (AvgIpc) is 2.10. The van der Waals surface area contributed by atoms with E-state index >= 15 is 0 Å². The fourth-order valence-corrected chi connectivity index (χ4v) is 1.95. The van der Waals surface area contributed by atoms with E-state index in [9.17, 15) is 4.79 Å². The number of carbonyl (C=O) groups is 1. The summed E-state index contributed by atoms with van der Waals surface area (Å²) in [6, 6.07) is 0. The van der Waals surface area contributed by atoms with Crippen LogP contribution in [0, 0.1) is 0 Å². The normalized spacial score (nSPS) is 9.56. The van der Waals surface area contributed by atoms with E-state index in [0.717, 1.165) is 0 Å². The zero-order valence-corrected chi connectivity index (χ0v) is 7.26. The molecule has 0 unspecified atom stereocenters. The smallest absolute Gasteiger partial charge is 0.163 e. The molecule has 0 aliphatic heterocycles. The van der Waals surface area contributed by atoms with Gasteiger partial charge in [0.15, 0.2) is 15.4 Å². The van der Waals surface area contributed by atoms with Gasteiger partial charge in [-0.25, -0.2) is 4.98 Å². The third kappa shape index (κ3) is 1.50. The highest BCUT2D eigenvalue weighted by Gasteiger charge is 2.04. The van der Waals surface area contributed by atoms with Crippen molar-refractivity contribution in [2.75, 3.05) is 0 Å². The molecule has 1 rings (SSSR count). The lowest BCUT2D eigenvalue weighted by Gasteiger charge is -1.73. The number of thiazole rings is 1. The van der Waals surface area contributed by atoms with Gasteiger partial charge in [0.2, 0.25) is 0 Å². The molecule has 1 aromatic rings. The molecule has 0 radical (unpaired) electrons. The van der Waals surface area contributed by atoms with Gasteiger partial charge in [-0.2, -0.15) is 0 Å². The number of aromatic nitrogens is 1. The fourth-order valence-electron chi connectivity index (χ4n) is 0.361. The minimum Gasteiger partial charge on any atom is -0.297 e. The van der Waals surface area contributed by atoms with Gasteiger partial charge in [0.25, 0.3) is 0 Å². The Bertz CT molecular complexity index is 236. The number of hydrogen-bond donors (Lipinski definition) is 0. The first-order valence-corrected chi connectivity index (χ1v) is 4.00. The van der Waals surface area contributed by atoms with Gasteiger partial charge in [0, 0.05) is 0 Å². The molecule has 0 bridgehead atoms. The third-order valence-electron chi connectivity index (χ3n) is 0.691. The summed E-state index contributed by atoms with van der Waals surface area (Å²) in [5, 5.41) is 0.266. The van der Waals surface area contributed by atoms with E-state index in [0.29, 0.717) is 15.1 Å².